The van der Waals surface area contributed by atoms with E-state index in [9.17, 15) is 4.79 Å². The number of para-hydroxylation sites is 1. The molecule has 1 heterocycles. The topological polar surface area (TPSA) is 70.9 Å². The molecule has 0 saturated carbocycles. The lowest BCUT2D eigenvalue weighted by Gasteiger charge is -2.25. The lowest BCUT2D eigenvalue weighted by atomic mass is 9.84. The summed E-state index contributed by atoms with van der Waals surface area (Å²) >= 11 is 0. The van der Waals surface area contributed by atoms with Gasteiger partial charge in [0.2, 0.25) is 5.91 Å². The van der Waals surface area contributed by atoms with Crippen LogP contribution in [0.25, 0.3) is 10.9 Å². The molecule has 19 heavy (non-hydrogen) atoms. The predicted molar refractivity (Wildman–Crippen MR) is 78.0 cm³/mol. The molecule has 2 aromatic rings. The number of benzene rings is 1. The Hall–Kier alpha value is -1.81. The molecule has 4 nitrogen and oxygen atoms in total. The summed E-state index contributed by atoms with van der Waals surface area (Å²) in [6.45, 7) is 6.48. The fourth-order valence-corrected chi connectivity index (χ4v) is 2.20. The number of aromatic nitrogens is 1. The molecule has 4 heteroatoms. The summed E-state index contributed by atoms with van der Waals surface area (Å²) in [6.07, 6.45) is 2.02. The molecule has 2 rings (SSSR count). The van der Waals surface area contributed by atoms with Gasteiger partial charge in [-0.1, -0.05) is 32.0 Å². The fourth-order valence-electron chi connectivity index (χ4n) is 2.20. The van der Waals surface area contributed by atoms with Gasteiger partial charge in [-0.15, -0.1) is 0 Å². The first kappa shape index (κ1) is 13.6. The monoisotopic (exact) mass is 259 g/mol. The summed E-state index contributed by atoms with van der Waals surface area (Å²) in [7, 11) is 0. The second kappa shape index (κ2) is 5.05. The quantitative estimate of drug-likeness (QED) is 0.785. The second-order valence-electron chi connectivity index (χ2n) is 5.64. The molecule has 0 fully saturated rings. The van der Waals surface area contributed by atoms with E-state index in [1.165, 1.54) is 10.9 Å². The molecule has 1 aromatic heterocycles. The zero-order chi connectivity index (χ0) is 14.0. The number of amides is 1. The van der Waals surface area contributed by atoms with E-state index in [0.29, 0.717) is 6.54 Å². The molecule has 0 spiro atoms. The fraction of sp³-hybridized carbons (Fsp3) is 0.400. The van der Waals surface area contributed by atoms with E-state index in [2.05, 4.69) is 36.3 Å². The molecule has 1 atom stereocenters. The van der Waals surface area contributed by atoms with Gasteiger partial charge in [0, 0.05) is 29.1 Å². The summed E-state index contributed by atoms with van der Waals surface area (Å²) in [5.74, 6) is -0.118. The average molecular weight is 259 g/mol. The molecule has 1 unspecified atom stereocenters. The molecule has 1 amide bonds. The maximum atomic E-state index is 11.6. The number of aromatic amines is 1. The maximum Gasteiger partial charge on any atom is 0.236 e. The molecular weight excluding hydrogens is 238 g/mol. The van der Waals surface area contributed by atoms with Gasteiger partial charge in [0.15, 0.2) is 0 Å². The standard InChI is InChI=1S/C15H21N3O/c1-10(16)14(19)18-9-15(2,3)12-8-17-13-7-5-4-6-11(12)13/h4-8,10,17H,9,16H2,1-3H3,(H,18,19). The normalized spacial score (nSPS) is 13.5. The summed E-state index contributed by atoms with van der Waals surface area (Å²) in [6, 6.07) is 7.70. The number of nitrogens with one attached hydrogen (secondary N) is 2. The summed E-state index contributed by atoms with van der Waals surface area (Å²) in [4.78, 5) is 14.8. The first-order chi connectivity index (χ1) is 8.92. The van der Waals surface area contributed by atoms with E-state index in [0.717, 1.165) is 5.52 Å². The number of rotatable bonds is 4. The summed E-state index contributed by atoms with van der Waals surface area (Å²) in [5.41, 5.74) is 7.72. The molecule has 1 aromatic carbocycles. The Balaban J connectivity index is 2.21. The largest absolute Gasteiger partial charge is 0.361 e. The van der Waals surface area contributed by atoms with Crippen molar-refractivity contribution in [3.8, 4) is 0 Å². The van der Waals surface area contributed by atoms with Crippen molar-refractivity contribution in [3.63, 3.8) is 0 Å². The van der Waals surface area contributed by atoms with E-state index in [1.54, 1.807) is 6.92 Å². The van der Waals surface area contributed by atoms with Crippen molar-refractivity contribution in [1.29, 1.82) is 0 Å². The zero-order valence-corrected chi connectivity index (χ0v) is 11.7. The van der Waals surface area contributed by atoms with Gasteiger partial charge in [-0.2, -0.15) is 0 Å². The molecule has 0 aliphatic heterocycles. The van der Waals surface area contributed by atoms with E-state index in [1.807, 2.05) is 18.3 Å². The van der Waals surface area contributed by atoms with Crippen LogP contribution in [0.15, 0.2) is 30.5 Å². The van der Waals surface area contributed by atoms with Gasteiger partial charge in [0.25, 0.3) is 0 Å². The molecule has 0 radical (unpaired) electrons. The number of H-pyrrole nitrogens is 1. The van der Waals surface area contributed by atoms with Crippen molar-refractivity contribution in [1.82, 2.24) is 10.3 Å². The van der Waals surface area contributed by atoms with Crippen molar-refractivity contribution in [2.75, 3.05) is 6.54 Å². The Bertz CT molecular complexity index is 584. The number of carbonyl (C=O) groups excluding carboxylic acids is 1. The molecule has 4 N–H and O–H groups in total. The predicted octanol–water partition coefficient (Wildman–Crippen LogP) is 1.91. The van der Waals surface area contributed by atoms with Crippen molar-refractivity contribution < 1.29 is 4.79 Å². The van der Waals surface area contributed by atoms with Crippen LogP contribution in [0.5, 0.6) is 0 Å². The molecule has 0 bridgehead atoms. The molecule has 0 aliphatic rings. The highest BCUT2D eigenvalue weighted by atomic mass is 16.2. The Morgan fingerprint density at radius 1 is 1.42 bits per heavy atom. The minimum atomic E-state index is -0.473. The van der Waals surface area contributed by atoms with Gasteiger partial charge in [-0.3, -0.25) is 4.79 Å². The highest BCUT2D eigenvalue weighted by molar-refractivity contribution is 5.84. The van der Waals surface area contributed by atoms with Crippen LogP contribution in [-0.4, -0.2) is 23.5 Å². The Morgan fingerprint density at radius 2 is 2.11 bits per heavy atom. The van der Waals surface area contributed by atoms with Gasteiger partial charge in [0.05, 0.1) is 6.04 Å². The first-order valence-electron chi connectivity index (χ1n) is 6.52. The van der Waals surface area contributed by atoms with Crippen LogP contribution in [0, 0.1) is 0 Å². The van der Waals surface area contributed by atoms with Gasteiger partial charge in [-0.25, -0.2) is 0 Å². The summed E-state index contributed by atoms with van der Waals surface area (Å²) in [5, 5.41) is 4.09. The Labute approximate surface area is 113 Å². The molecule has 0 saturated heterocycles. The van der Waals surface area contributed by atoms with Crippen LogP contribution in [0.3, 0.4) is 0 Å². The second-order valence-corrected chi connectivity index (χ2v) is 5.64. The van der Waals surface area contributed by atoms with Crippen LogP contribution in [0.1, 0.15) is 26.3 Å². The molecule has 102 valence electrons. The van der Waals surface area contributed by atoms with Crippen molar-refractivity contribution in [2.24, 2.45) is 5.73 Å². The van der Waals surface area contributed by atoms with E-state index < -0.39 is 6.04 Å². The zero-order valence-electron chi connectivity index (χ0n) is 11.7. The minimum absolute atomic E-state index is 0.118. The SMILES string of the molecule is CC(N)C(=O)NCC(C)(C)c1c[nH]c2ccccc12. The molecule has 0 aliphatic carbocycles. The number of nitrogens with two attached hydrogens (primary N) is 1. The average Bonchev–Trinajstić information content (AvgIpc) is 2.80. The van der Waals surface area contributed by atoms with Crippen molar-refractivity contribution >= 4 is 16.8 Å². The highest BCUT2D eigenvalue weighted by Crippen LogP contribution is 2.29. The highest BCUT2D eigenvalue weighted by Gasteiger charge is 2.25. The third-order valence-electron chi connectivity index (χ3n) is 3.44. The van der Waals surface area contributed by atoms with Crippen LogP contribution >= 0.6 is 0 Å². The maximum absolute atomic E-state index is 11.6. The van der Waals surface area contributed by atoms with Gasteiger partial charge < -0.3 is 16.0 Å². The van der Waals surface area contributed by atoms with Crippen LogP contribution < -0.4 is 11.1 Å². The van der Waals surface area contributed by atoms with E-state index in [-0.39, 0.29) is 11.3 Å². The van der Waals surface area contributed by atoms with Crippen LogP contribution in [-0.2, 0) is 10.2 Å². The van der Waals surface area contributed by atoms with Gasteiger partial charge in [-0.05, 0) is 18.6 Å². The van der Waals surface area contributed by atoms with Gasteiger partial charge >= 0.3 is 0 Å². The lowest BCUT2D eigenvalue weighted by Crippen LogP contribution is -2.43. The van der Waals surface area contributed by atoms with Crippen molar-refractivity contribution in [3.05, 3.63) is 36.0 Å². The van der Waals surface area contributed by atoms with Gasteiger partial charge in [0.1, 0.15) is 0 Å². The molecular formula is C15H21N3O. The number of hydrogen-bond donors (Lipinski definition) is 3. The van der Waals surface area contributed by atoms with Crippen LogP contribution in [0.2, 0.25) is 0 Å². The van der Waals surface area contributed by atoms with Crippen LogP contribution in [0.4, 0.5) is 0 Å². The van der Waals surface area contributed by atoms with E-state index >= 15 is 0 Å². The number of fused-ring (bicyclic) bond motifs is 1. The Morgan fingerprint density at radius 3 is 2.79 bits per heavy atom. The lowest BCUT2D eigenvalue weighted by molar-refractivity contribution is -0.122. The smallest absolute Gasteiger partial charge is 0.236 e. The third-order valence-corrected chi connectivity index (χ3v) is 3.44. The number of carbonyl (C=O) groups is 1. The van der Waals surface area contributed by atoms with E-state index in [4.69, 9.17) is 5.73 Å². The minimum Gasteiger partial charge on any atom is -0.361 e. The van der Waals surface area contributed by atoms with Crippen molar-refractivity contribution in [2.45, 2.75) is 32.2 Å². The first-order valence-corrected chi connectivity index (χ1v) is 6.52. The number of hydrogen-bond acceptors (Lipinski definition) is 2. The Kier molecular flexibility index (Phi) is 3.62. The third kappa shape index (κ3) is 2.79. The summed E-state index contributed by atoms with van der Waals surface area (Å²) < 4.78 is 0.